The highest BCUT2D eigenvalue weighted by Crippen LogP contribution is 2.25. The van der Waals surface area contributed by atoms with Crippen molar-refractivity contribution in [2.75, 3.05) is 11.9 Å². The average molecular weight is 350 g/mol. The van der Waals surface area contributed by atoms with Gasteiger partial charge in [-0.3, -0.25) is 10.1 Å². The molecule has 0 bridgehead atoms. The first-order valence-corrected chi connectivity index (χ1v) is 8.61. The summed E-state index contributed by atoms with van der Waals surface area (Å²) < 4.78 is 10.9. The Kier molecular flexibility index (Phi) is 6.06. The molecule has 5 nitrogen and oxygen atoms in total. The number of ether oxygens (including phenoxy) is 1. The second kappa shape index (κ2) is 8.87. The van der Waals surface area contributed by atoms with E-state index in [0.717, 1.165) is 11.3 Å². The fourth-order valence-corrected chi connectivity index (χ4v) is 2.68. The van der Waals surface area contributed by atoms with Crippen molar-refractivity contribution in [3.63, 3.8) is 0 Å². The Morgan fingerprint density at radius 2 is 1.81 bits per heavy atom. The molecule has 5 heteroatoms. The number of hydrogen-bond acceptors (Lipinski definition) is 4. The first-order valence-electron chi connectivity index (χ1n) is 8.61. The average Bonchev–Trinajstić information content (AvgIpc) is 3.18. The Labute approximate surface area is 153 Å². The van der Waals surface area contributed by atoms with Gasteiger partial charge in [0.1, 0.15) is 17.6 Å². The summed E-state index contributed by atoms with van der Waals surface area (Å²) in [4.78, 5) is 13.0. The zero-order chi connectivity index (χ0) is 18.2. The van der Waals surface area contributed by atoms with Crippen LogP contribution in [0.25, 0.3) is 0 Å². The summed E-state index contributed by atoms with van der Waals surface area (Å²) in [6.07, 6.45) is 1.62. The molecule has 134 valence electrons. The molecule has 1 atom stereocenters. The van der Waals surface area contributed by atoms with Crippen LogP contribution in [-0.2, 0) is 11.3 Å². The van der Waals surface area contributed by atoms with E-state index < -0.39 is 6.04 Å². The number of carbonyl (C=O) groups is 1. The number of para-hydroxylation sites is 2. The third-order valence-corrected chi connectivity index (χ3v) is 3.90. The summed E-state index contributed by atoms with van der Waals surface area (Å²) in [5.41, 5.74) is 1.53. The Bertz CT molecular complexity index is 816. The molecule has 1 amide bonds. The lowest BCUT2D eigenvalue weighted by molar-refractivity contribution is -0.118. The Balaban J connectivity index is 1.78. The van der Waals surface area contributed by atoms with E-state index in [1.54, 1.807) is 6.26 Å². The number of benzene rings is 2. The predicted octanol–water partition coefficient (Wildman–Crippen LogP) is 4.15. The van der Waals surface area contributed by atoms with Gasteiger partial charge in [-0.2, -0.15) is 0 Å². The van der Waals surface area contributed by atoms with Crippen LogP contribution in [0.3, 0.4) is 0 Å². The summed E-state index contributed by atoms with van der Waals surface area (Å²) in [6, 6.07) is 20.2. The Hall–Kier alpha value is -3.05. The number of amides is 1. The van der Waals surface area contributed by atoms with Gasteiger partial charge >= 0.3 is 0 Å². The van der Waals surface area contributed by atoms with Crippen LogP contribution < -0.4 is 15.4 Å². The summed E-state index contributed by atoms with van der Waals surface area (Å²) in [5, 5.41) is 6.23. The molecule has 0 saturated carbocycles. The van der Waals surface area contributed by atoms with E-state index >= 15 is 0 Å². The summed E-state index contributed by atoms with van der Waals surface area (Å²) in [7, 11) is 0. The highest BCUT2D eigenvalue weighted by molar-refractivity contribution is 5.96. The topological polar surface area (TPSA) is 63.5 Å². The molecule has 0 aliphatic carbocycles. The fourth-order valence-electron chi connectivity index (χ4n) is 2.68. The molecule has 0 unspecified atom stereocenters. The van der Waals surface area contributed by atoms with Crippen molar-refractivity contribution in [2.45, 2.75) is 19.5 Å². The molecule has 0 saturated heterocycles. The van der Waals surface area contributed by atoms with Crippen LogP contribution in [0, 0.1) is 0 Å². The number of hydrogen-bond donors (Lipinski definition) is 2. The third-order valence-electron chi connectivity index (χ3n) is 3.90. The highest BCUT2D eigenvalue weighted by Gasteiger charge is 2.21. The van der Waals surface area contributed by atoms with Gasteiger partial charge in [-0.15, -0.1) is 0 Å². The molecule has 3 rings (SSSR count). The van der Waals surface area contributed by atoms with Crippen LogP contribution in [0.2, 0.25) is 0 Å². The Morgan fingerprint density at radius 1 is 1.04 bits per heavy atom. The molecule has 3 aromatic rings. The van der Waals surface area contributed by atoms with Crippen molar-refractivity contribution in [1.29, 1.82) is 0 Å². The van der Waals surface area contributed by atoms with Gasteiger partial charge in [-0.05, 0) is 36.8 Å². The van der Waals surface area contributed by atoms with E-state index in [-0.39, 0.29) is 5.91 Å². The lowest BCUT2D eigenvalue weighted by Crippen LogP contribution is -2.32. The molecule has 0 aliphatic heterocycles. The first-order chi connectivity index (χ1) is 12.8. The SMILES string of the molecule is CCOc1ccccc1NC(=O)[C@@H](NCc1ccco1)c1ccccc1. The van der Waals surface area contributed by atoms with Gasteiger partial charge in [-0.25, -0.2) is 0 Å². The van der Waals surface area contributed by atoms with Crippen LogP contribution in [0.1, 0.15) is 24.3 Å². The van der Waals surface area contributed by atoms with Gasteiger partial charge in [0.2, 0.25) is 5.91 Å². The monoisotopic (exact) mass is 350 g/mol. The van der Waals surface area contributed by atoms with Crippen molar-refractivity contribution in [2.24, 2.45) is 0 Å². The normalized spacial score (nSPS) is 11.7. The smallest absolute Gasteiger partial charge is 0.246 e. The summed E-state index contributed by atoms with van der Waals surface area (Å²) >= 11 is 0. The van der Waals surface area contributed by atoms with E-state index in [0.29, 0.717) is 24.6 Å². The molecule has 0 spiro atoms. The van der Waals surface area contributed by atoms with Crippen LogP contribution in [-0.4, -0.2) is 12.5 Å². The summed E-state index contributed by atoms with van der Waals surface area (Å²) in [6.45, 7) is 2.90. The maximum absolute atomic E-state index is 13.0. The van der Waals surface area contributed by atoms with Crippen molar-refractivity contribution >= 4 is 11.6 Å². The molecular weight excluding hydrogens is 328 g/mol. The van der Waals surface area contributed by atoms with Crippen LogP contribution in [0.15, 0.2) is 77.4 Å². The Morgan fingerprint density at radius 3 is 2.54 bits per heavy atom. The van der Waals surface area contributed by atoms with E-state index in [1.807, 2.05) is 73.7 Å². The van der Waals surface area contributed by atoms with Gasteiger partial charge in [0.15, 0.2) is 0 Å². The number of anilines is 1. The van der Waals surface area contributed by atoms with Crippen LogP contribution >= 0.6 is 0 Å². The van der Waals surface area contributed by atoms with Crippen LogP contribution in [0.4, 0.5) is 5.69 Å². The molecule has 1 heterocycles. The lowest BCUT2D eigenvalue weighted by atomic mass is 10.1. The second-order valence-electron chi connectivity index (χ2n) is 5.72. The van der Waals surface area contributed by atoms with Gasteiger partial charge in [0.25, 0.3) is 0 Å². The molecule has 0 radical (unpaired) electrons. The van der Waals surface area contributed by atoms with E-state index in [9.17, 15) is 4.79 Å². The quantitative estimate of drug-likeness (QED) is 0.641. The third kappa shape index (κ3) is 4.52. The minimum absolute atomic E-state index is 0.157. The van der Waals surface area contributed by atoms with Gasteiger partial charge in [-0.1, -0.05) is 42.5 Å². The van der Waals surface area contributed by atoms with Gasteiger partial charge in [0, 0.05) is 0 Å². The molecule has 2 N–H and O–H groups in total. The maximum atomic E-state index is 13.0. The number of rotatable bonds is 8. The van der Waals surface area contributed by atoms with Crippen molar-refractivity contribution < 1.29 is 13.9 Å². The predicted molar refractivity (Wildman–Crippen MR) is 101 cm³/mol. The van der Waals surface area contributed by atoms with Crippen molar-refractivity contribution in [3.8, 4) is 5.75 Å². The lowest BCUT2D eigenvalue weighted by Gasteiger charge is -2.19. The molecule has 0 fully saturated rings. The minimum Gasteiger partial charge on any atom is -0.492 e. The van der Waals surface area contributed by atoms with Crippen molar-refractivity contribution in [1.82, 2.24) is 5.32 Å². The standard InChI is InChI=1S/C21H22N2O3/c1-2-25-19-13-7-6-12-18(19)23-21(24)20(16-9-4-3-5-10-16)22-15-17-11-8-14-26-17/h3-14,20,22H,2,15H2,1H3,(H,23,24)/t20-/m0/s1. The van der Waals surface area contributed by atoms with Crippen LogP contribution in [0.5, 0.6) is 5.75 Å². The molecule has 26 heavy (non-hydrogen) atoms. The number of furan rings is 1. The zero-order valence-corrected chi connectivity index (χ0v) is 14.6. The molecule has 1 aromatic heterocycles. The van der Waals surface area contributed by atoms with Gasteiger partial charge in [0.05, 0.1) is 25.1 Å². The summed E-state index contributed by atoms with van der Waals surface area (Å²) in [5.74, 6) is 1.27. The van der Waals surface area contributed by atoms with Gasteiger partial charge < -0.3 is 14.5 Å². The molecule has 0 aliphatic rings. The zero-order valence-electron chi connectivity index (χ0n) is 14.6. The van der Waals surface area contributed by atoms with Crippen molar-refractivity contribution in [3.05, 3.63) is 84.3 Å². The maximum Gasteiger partial charge on any atom is 0.246 e. The second-order valence-corrected chi connectivity index (χ2v) is 5.72. The largest absolute Gasteiger partial charge is 0.492 e. The van der Waals surface area contributed by atoms with E-state index in [2.05, 4.69) is 10.6 Å². The van der Waals surface area contributed by atoms with E-state index in [1.165, 1.54) is 0 Å². The fraction of sp³-hybridized carbons (Fsp3) is 0.190. The highest BCUT2D eigenvalue weighted by atomic mass is 16.5. The first kappa shape index (κ1) is 17.8. The molecular formula is C21H22N2O3. The number of nitrogens with one attached hydrogen (secondary N) is 2. The number of carbonyl (C=O) groups excluding carboxylic acids is 1. The minimum atomic E-state index is -0.518. The molecule has 2 aromatic carbocycles. The van der Waals surface area contributed by atoms with E-state index in [4.69, 9.17) is 9.15 Å².